The van der Waals surface area contributed by atoms with Crippen molar-refractivity contribution in [2.45, 2.75) is 6.92 Å². The summed E-state index contributed by atoms with van der Waals surface area (Å²) >= 11 is 0. The monoisotopic (exact) mass is 402 g/mol. The van der Waals surface area contributed by atoms with Crippen LogP contribution < -0.4 is 15.8 Å². The van der Waals surface area contributed by atoms with Crippen molar-refractivity contribution in [2.24, 2.45) is 0 Å². The number of carbonyl (C=O) groups is 1. The lowest BCUT2D eigenvalue weighted by atomic mass is 10.1. The van der Waals surface area contributed by atoms with Crippen molar-refractivity contribution in [1.29, 1.82) is 0 Å². The topological polar surface area (TPSA) is 120 Å². The molecule has 0 bridgehead atoms. The second kappa shape index (κ2) is 7.67. The summed E-state index contributed by atoms with van der Waals surface area (Å²) in [6.45, 7) is 2.48. The maximum absolute atomic E-state index is 12.5. The van der Waals surface area contributed by atoms with E-state index in [0.29, 0.717) is 29.1 Å². The van der Waals surface area contributed by atoms with Gasteiger partial charge in [-0.05, 0) is 55.5 Å². The summed E-state index contributed by atoms with van der Waals surface area (Å²) in [6.07, 6.45) is 0. The Hall–Kier alpha value is -4.20. The minimum Gasteiger partial charge on any atom is -0.494 e. The minimum atomic E-state index is -0.511. The molecule has 4 aromatic rings. The molecule has 1 heterocycles. The second-order valence-electron chi connectivity index (χ2n) is 6.63. The second-order valence-corrected chi connectivity index (χ2v) is 6.63. The molecule has 0 atom stereocenters. The summed E-state index contributed by atoms with van der Waals surface area (Å²) in [5.41, 5.74) is 9.11. The molecule has 30 heavy (non-hydrogen) atoms. The van der Waals surface area contributed by atoms with Gasteiger partial charge in [-0.2, -0.15) is 0 Å². The number of fused-ring (bicyclic) bond motifs is 2. The molecule has 150 valence electrons. The first-order chi connectivity index (χ1) is 14.5. The molecule has 0 radical (unpaired) electrons. The van der Waals surface area contributed by atoms with Crippen molar-refractivity contribution in [3.63, 3.8) is 0 Å². The fraction of sp³-hybridized carbons (Fsp3) is 0.0909. The van der Waals surface area contributed by atoms with Crippen molar-refractivity contribution in [3.05, 3.63) is 76.3 Å². The number of nitrogens with two attached hydrogens (primary N) is 1. The highest BCUT2D eigenvalue weighted by molar-refractivity contribution is 6.09. The Labute approximate surface area is 171 Å². The lowest BCUT2D eigenvalue weighted by Gasteiger charge is -2.11. The van der Waals surface area contributed by atoms with E-state index >= 15 is 0 Å². The maximum Gasteiger partial charge on any atom is 0.269 e. The molecule has 3 aromatic carbocycles. The maximum atomic E-state index is 12.5. The van der Waals surface area contributed by atoms with Crippen molar-refractivity contribution < 1.29 is 14.5 Å². The van der Waals surface area contributed by atoms with E-state index in [9.17, 15) is 14.9 Å². The van der Waals surface area contributed by atoms with Crippen LogP contribution in [0, 0.1) is 10.1 Å². The van der Waals surface area contributed by atoms with E-state index in [-0.39, 0.29) is 11.6 Å². The van der Waals surface area contributed by atoms with Crippen LogP contribution in [0.4, 0.5) is 17.1 Å². The molecule has 0 fully saturated rings. The highest BCUT2D eigenvalue weighted by Gasteiger charge is 2.12. The molecular weight excluding hydrogens is 384 g/mol. The lowest BCUT2D eigenvalue weighted by molar-refractivity contribution is -0.384. The Bertz CT molecular complexity index is 1290. The number of amides is 1. The molecule has 0 saturated heterocycles. The Morgan fingerprint density at radius 1 is 1.07 bits per heavy atom. The highest BCUT2D eigenvalue weighted by Crippen LogP contribution is 2.32. The van der Waals surface area contributed by atoms with Crippen LogP contribution in [0.2, 0.25) is 0 Å². The molecule has 0 aliphatic carbocycles. The molecule has 4 rings (SSSR count). The number of rotatable bonds is 5. The fourth-order valence-corrected chi connectivity index (χ4v) is 3.23. The number of hydrogen-bond acceptors (Lipinski definition) is 6. The third kappa shape index (κ3) is 3.58. The number of hydrogen-bond donors (Lipinski definition) is 2. The predicted molar refractivity (Wildman–Crippen MR) is 116 cm³/mol. The predicted octanol–water partition coefficient (Wildman–Crippen LogP) is 4.53. The number of anilines is 2. The quantitative estimate of drug-likeness (QED) is 0.287. The summed E-state index contributed by atoms with van der Waals surface area (Å²) < 4.78 is 5.54. The number of nitrogens with zero attached hydrogens (tertiary/aromatic N) is 2. The van der Waals surface area contributed by atoms with Crippen LogP contribution >= 0.6 is 0 Å². The molecule has 8 heteroatoms. The standard InChI is InChI=1S/C22H18N4O4/c1-2-30-16-8-10-19-18(12-16)21(23)17-9-5-14(11-20(17)25-19)24-22(27)13-3-6-15(7-4-13)26(28)29/h3-12H,2H2,1H3,(H2,23,25)(H,24,27). The van der Waals surface area contributed by atoms with Crippen LogP contribution in [0.1, 0.15) is 17.3 Å². The number of carbonyl (C=O) groups excluding carboxylic acids is 1. The first-order valence-corrected chi connectivity index (χ1v) is 9.28. The first kappa shape index (κ1) is 19.1. The average molecular weight is 402 g/mol. The van der Waals surface area contributed by atoms with Crippen molar-refractivity contribution in [2.75, 3.05) is 17.7 Å². The number of non-ortho nitro benzene ring substituents is 1. The number of aromatic nitrogens is 1. The third-order valence-electron chi connectivity index (χ3n) is 4.70. The van der Waals surface area contributed by atoms with Gasteiger partial charge in [-0.1, -0.05) is 0 Å². The van der Waals surface area contributed by atoms with E-state index in [4.69, 9.17) is 10.5 Å². The summed E-state index contributed by atoms with van der Waals surface area (Å²) in [7, 11) is 0. The van der Waals surface area contributed by atoms with Crippen LogP contribution in [-0.2, 0) is 0 Å². The van der Waals surface area contributed by atoms with Crippen LogP contribution in [0.5, 0.6) is 5.75 Å². The van der Waals surface area contributed by atoms with Crippen LogP contribution in [0.25, 0.3) is 21.8 Å². The number of nitro groups is 1. The summed E-state index contributed by atoms with van der Waals surface area (Å²) in [5, 5.41) is 15.1. The zero-order chi connectivity index (χ0) is 21.3. The summed E-state index contributed by atoms with van der Waals surface area (Å²) in [6, 6.07) is 16.2. The fourth-order valence-electron chi connectivity index (χ4n) is 3.23. The van der Waals surface area contributed by atoms with Gasteiger partial charge in [-0.25, -0.2) is 4.98 Å². The molecule has 1 amide bonds. The van der Waals surface area contributed by atoms with Gasteiger partial charge in [0.25, 0.3) is 11.6 Å². The Balaban J connectivity index is 1.65. The van der Waals surface area contributed by atoms with Crippen LogP contribution in [0.15, 0.2) is 60.7 Å². The molecule has 0 aliphatic heterocycles. The zero-order valence-corrected chi connectivity index (χ0v) is 16.1. The molecule has 3 N–H and O–H groups in total. The van der Waals surface area contributed by atoms with E-state index in [1.165, 1.54) is 24.3 Å². The van der Waals surface area contributed by atoms with Gasteiger partial charge < -0.3 is 15.8 Å². The highest BCUT2D eigenvalue weighted by atomic mass is 16.6. The molecule has 0 spiro atoms. The molecule has 0 unspecified atom stereocenters. The van der Waals surface area contributed by atoms with E-state index in [1.807, 2.05) is 25.1 Å². The van der Waals surface area contributed by atoms with Gasteiger partial charge in [0.1, 0.15) is 5.75 Å². The molecule has 0 aliphatic rings. The van der Waals surface area contributed by atoms with E-state index in [0.717, 1.165) is 22.0 Å². The number of nitrogen functional groups attached to an aromatic ring is 1. The largest absolute Gasteiger partial charge is 0.494 e. The van der Waals surface area contributed by atoms with Crippen molar-refractivity contribution >= 4 is 44.8 Å². The van der Waals surface area contributed by atoms with Gasteiger partial charge in [-0.15, -0.1) is 0 Å². The number of nitro benzene ring substituents is 1. The summed E-state index contributed by atoms with van der Waals surface area (Å²) in [5.74, 6) is 0.351. The van der Waals surface area contributed by atoms with Crippen LogP contribution in [0.3, 0.4) is 0 Å². The zero-order valence-electron chi connectivity index (χ0n) is 16.1. The Morgan fingerprint density at radius 2 is 1.83 bits per heavy atom. The molecule has 1 aromatic heterocycles. The number of nitrogens with one attached hydrogen (secondary N) is 1. The van der Waals surface area contributed by atoms with Gasteiger partial charge in [-0.3, -0.25) is 14.9 Å². The minimum absolute atomic E-state index is 0.0729. The van der Waals surface area contributed by atoms with Crippen molar-refractivity contribution in [3.8, 4) is 5.75 Å². The van der Waals surface area contributed by atoms with E-state index in [1.54, 1.807) is 18.2 Å². The van der Waals surface area contributed by atoms with Crippen LogP contribution in [-0.4, -0.2) is 22.4 Å². The van der Waals surface area contributed by atoms with Gasteiger partial charge in [0.05, 0.1) is 28.3 Å². The summed E-state index contributed by atoms with van der Waals surface area (Å²) in [4.78, 5) is 27.4. The molecule has 0 saturated carbocycles. The van der Waals surface area contributed by atoms with Gasteiger partial charge in [0.2, 0.25) is 0 Å². The Kier molecular flexibility index (Phi) is 4.89. The molecule has 8 nitrogen and oxygen atoms in total. The molecular formula is C22H18N4O4. The first-order valence-electron chi connectivity index (χ1n) is 9.28. The average Bonchev–Trinajstić information content (AvgIpc) is 2.74. The van der Waals surface area contributed by atoms with Gasteiger partial charge >= 0.3 is 0 Å². The number of benzene rings is 3. The smallest absolute Gasteiger partial charge is 0.269 e. The van der Waals surface area contributed by atoms with Crippen molar-refractivity contribution in [1.82, 2.24) is 4.98 Å². The number of ether oxygens (including phenoxy) is 1. The SMILES string of the molecule is CCOc1ccc2nc3cc(NC(=O)c4ccc([N+](=O)[O-])cc4)ccc3c(N)c2c1. The van der Waals surface area contributed by atoms with Gasteiger partial charge in [0.15, 0.2) is 0 Å². The van der Waals surface area contributed by atoms with E-state index < -0.39 is 4.92 Å². The third-order valence-corrected chi connectivity index (χ3v) is 4.70. The van der Waals surface area contributed by atoms with Gasteiger partial charge in [0, 0.05) is 34.2 Å². The normalized spacial score (nSPS) is 10.8. The van der Waals surface area contributed by atoms with E-state index in [2.05, 4.69) is 10.3 Å². The lowest BCUT2D eigenvalue weighted by Crippen LogP contribution is -2.11. The Morgan fingerprint density at radius 3 is 2.53 bits per heavy atom. The number of pyridine rings is 1.